The van der Waals surface area contributed by atoms with Crippen molar-refractivity contribution in [3.63, 3.8) is 0 Å². The SMILES string of the molecule is CCn1c(SCC(=O)Nc2nc(C)cs2)nnc1[C@@H](C)Oc1ccccc1. The first-order chi connectivity index (χ1) is 13.1. The molecule has 1 amide bonds. The standard InChI is InChI=1S/C18H21N5O2S2/c1-4-23-16(13(3)25-14-8-6-5-7-9-14)21-22-18(23)27-11-15(24)20-17-19-12(2)10-26-17/h5-10,13H,4,11H2,1-3H3,(H,19,20,24)/t13-/m1/s1. The molecule has 3 aromatic rings. The monoisotopic (exact) mass is 403 g/mol. The molecule has 9 heteroatoms. The van der Waals surface area contributed by atoms with Gasteiger partial charge >= 0.3 is 0 Å². The number of carbonyl (C=O) groups is 1. The highest BCUT2D eigenvalue weighted by atomic mass is 32.2. The first-order valence-corrected chi connectivity index (χ1v) is 10.4. The van der Waals surface area contributed by atoms with E-state index in [1.54, 1.807) is 0 Å². The van der Waals surface area contributed by atoms with Gasteiger partial charge in [-0.05, 0) is 32.9 Å². The number of aryl methyl sites for hydroxylation is 1. The molecule has 27 heavy (non-hydrogen) atoms. The molecule has 1 N–H and O–H groups in total. The Kier molecular flexibility index (Phi) is 6.46. The van der Waals surface area contributed by atoms with Gasteiger partial charge in [-0.3, -0.25) is 4.79 Å². The Labute approximate surface area is 166 Å². The number of nitrogens with one attached hydrogen (secondary N) is 1. The second-order valence-corrected chi connectivity index (χ2v) is 7.59. The lowest BCUT2D eigenvalue weighted by atomic mass is 10.3. The van der Waals surface area contributed by atoms with Crippen LogP contribution in [0.4, 0.5) is 5.13 Å². The van der Waals surface area contributed by atoms with E-state index >= 15 is 0 Å². The van der Waals surface area contributed by atoms with Gasteiger partial charge in [0.05, 0.1) is 11.4 Å². The van der Waals surface area contributed by atoms with E-state index in [1.165, 1.54) is 23.1 Å². The van der Waals surface area contributed by atoms with Crippen LogP contribution in [0.15, 0.2) is 40.9 Å². The molecule has 0 spiro atoms. The first kappa shape index (κ1) is 19.4. The van der Waals surface area contributed by atoms with Crippen molar-refractivity contribution in [2.24, 2.45) is 0 Å². The Balaban J connectivity index is 1.62. The lowest BCUT2D eigenvalue weighted by Crippen LogP contribution is -2.15. The largest absolute Gasteiger partial charge is 0.483 e. The Morgan fingerprint density at radius 1 is 1.33 bits per heavy atom. The van der Waals surface area contributed by atoms with Gasteiger partial charge in [0.2, 0.25) is 5.91 Å². The number of rotatable bonds is 8. The molecule has 0 bridgehead atoms. The van der Waals surface area contributed by atoms with Crippen LogP contribution in [-0.4, -0.2) is 31.4 Å². The summed E-state index contributed by atoms with van der Waals surface area (Å²) in [5, 5.41) is 14.5. The number of amides is 1. The Hall–Kier alpha value is -2.39. The van der Waals surface area contributed by atoms with E-state index in [9.17, 15) is 4.79 Å². The predicted octanol–water partition coefficient (Wildman–Crippen LogP) is 3.93. The van der Waals surface area contributed by atoms with Crippen molar-refractivity contribution in [1.29, 1.82) is 0 Å². The number of hydrogen-bond acceptors (Lipinski definition) is 7. The molecule has 0 radical (unpaired) electrons. The van der Waals surface area contributed by atoms with Crippen LogP contribution in [0.25, 0.3) is 0 Å². The van der Waals surface area contributed by atoms with Crippen molar-refractivity contribution >= 4 is 34.1 Å². The zero-order chi connectivity index (χ0) is 19.2. The molecule has 1 aromatic carbocycles. The Morgan fingerprint density at radius 3 is 2.78 bits per heavy atom. The Morgan fingerprint density at radius 2 is 2.11 bits per heavy atom. The normalized spacial score (nSPS) is 12.0. The van der Waals surface area contributed by atoms with Gasteiger partial charge in [-0.2, -0.15) is 0 Å². The van der Waals surface area contributed by atoms with Gasteiger partial charge in [0.15, 0.2) is 22.2 Å². The molecule has 0 saturated carbocycles. The van der Waals surface area contributed by atoms with Crippen LogP contribution in [0.3, 0.4) is 0 Å². The molecule has 1 atom stereocenters. The van der Waals surface area contributed by atoms with Crippen LogP contribution in [0.1, 0.15) is 31.5 Å². The lowest BCUT2D eigenvalue weighted by Gasteiger charge is -2.15. The minimum atomic E-state index is -0.249. The zero-order valence-corrected chi connectivity index (χ0v) is 17.0. The number of thiazole rings is 1. The van der Waals surface area contributed by atoms with Gasteiger partial charge in [-0.1, -0.05) is 30.0 Å². The summed E-state index contributed by atoms with van der Waals surface area (Å²) < 4.78 is 7.92. The number of benzene rings is 1. The second-order valence-electron chi connectivity index (χ2n) is 5.79. The summed E-state index contributed by atoms with van der Waals surface area (Å²) in [6, 6.07) is 9.61. The van der Waals surface area contributed by atoms with Crippen LogP contribution in [0.5, 0.6) is 5.75 Å². The third-order valence-corrected chi connectivity index (χ3v) is 5.52. The van der Waals surface area contributed by atoms with Crippen molar-refractivity contribution in [3.05, 3.63) is 47.2 Å². The minimum Gasteiger partial charge on any atom is -0.483 e. The number of thioether (sulfide) groups is 1. The van der Waals surface area contributed by atoms with E-state index < -0.39 is 0 Å². The van der Waals surface area contributed by atoms with Crippen LogP contribution < -0.4 is 10.1 Å². The van der Waals surface area contributed by atoms with Crippen molar-refractivity contribution in [2.75, 3.05) is 11.1 Å². The fourth-order valence-electron chi connectivity index (χ4n) is 2.46. The molecular formula is C18H21N5O2S2. The average Bonchev–Trinajstić information content (AvgIpc) is 3.26. The molecule has 0 fully saturated rings. The van der Waals surface area contributed by atoms with Gasteiger partial charge in [0.1, 0.15) is 5.75 Å². The molecular weight excluding hydrogens is 382 g/mol. The molecule has 7 nitrogen and oxygen atoms in total. The summed E-state index contributed by atoms with van der Waals surface area (Å²) in [7, 11) is 0. The first-order valence-electron chi connectivity index (χ1n) is 8.56. The summed E-state index contributed by atoms with van der Waals surface area (Å²) >= 11 is 2.76. The molecule has 0 aliphatic rings. The molecule has 3 rings (SSSR count). The maximum Gasteiger partial charge on any atom is 0.236 e. The van der Waals surface area contributed by atoms with Crippen molar-refractivity contribution in [2.45, 2.75) is 38.6 Å². The predicted molar refractivity (Wildman–Crippen MR) is 107 cm³/mol. The number of hydrogen-bond donors (Lipinski definition) is 1. The third kappa shape index (κ3) is 5.08. The van der Waals surface area contributed by atoms with Crippen LogP contribution in [0, 0.1) is 6.92 Å². The maximum atomic E-state index is 12.1. The highest BCUT2D eigenvalue weighted by Gasteiger charge is 2.19. The van der Waals surface area contributed by atoms with Crippen molar-refractivity contribution in [3.8, 4) is 5.75 Å². The Bertz CT molecular complexity index is 894. The van der Waals surface area contributed by atoms with Crippen molar-refractivity contribution in [1.82, 2.24) is 19.7 Å². The topological polar surface area (TPSA) is 81.9 Å². The lowest BCUT2D eigenvalue weighted by molar-refractivity contribution is -0.113. The summed E-state index contributed by atoms with van der Waals surface area (Å²) in [4.78, 5) is 16.4. The summed E-state index contributed by atoms with van der Waals surface area (Å²) in [5.74, 6) is 1.64. The number of nitrogens with zero attached hydrogens (tertiary/aromatic N) is 4. The van der Waals surface area contributed by atoms with Crippen molar-refractivity contribution < 1.29 is 9.53 Å². The zero-order valence-electron chi connectivity index (χ0n) is 15.4. The van der Waals surface area contributed by atoms with E-state index in [0.29, 0.717) is 16.8 Å². The number of anilines is 1. The average molecular weight is 404 g/mol. The third-order valence-electron chi connectivity index (χ3n) is 3.68. The van der Waals surface area contributed by atoms with E-state index in [-0.39, 0.29) is 17.8 Å². The van der Waals surface area contributed by atoms with Gasteiger partial charge in [-0.25, -0.2) is 4.98 Å². The molecule has 0 saturated heterocycles. The smallest absolute Gasteiger partial charge is 0.236 e. The summed E-state index contributed by atoms with van der Waals surface area (Å²) in [6.07, 6.45) is -0.249. The van der Waals surface area contributed by atoms with Gasteiger partial charge < -0.3 is 14.6 Å². The fourth-order valence-corrected chi connectivity index (χ4v) is 3.97. The highest BCUT2D eigenvalue weighted by molar-refractivity contribution is 7.99. The van der Waals surface area contributed by atoms with Crippen LogP contribution >= 0.6 is 23.1 Å². The number of para-hydroxylation sites is 1. The number of aromatic nitrogens is 4. The van der Waals surface area contributed by atoms with E-state index in [4.69, 9.17) is 4.74 Å². The van der Waals surface area contributed by atoms with Crippen LogP contribution in [0.2, 0.25) is 0 Å². The van der Waals surface area contributed by atoms with Gasteiger partial charge in [0, 0.05) is 11.9 Å². The van der Waals surface area contributed by atoms with Gasteiger partial charge in [-0.15, -0.1) is 21.5 Å². The summed E-state index contributed by atoms with van der Waals surface area (Å²) in [5.41, 5.74) is 0.894. The molecule has 0 unspecified atom stereocenters. The second kappa shape index (κ2) is 9.01. The van der Waals surface area contributed by atoms with E-state index in [0.717, 1.165) is 17.3 Å². The minimum absolute atomic E-state index is 0.116. The molecule has 0 aliphatic carbocycles. The molecule has 0 aliphatic heterocycles. The molecule has 142 valence electrons. The van der Waals surface area contributed by atoms with E-state index in [1.807, 2.05) is 61.1 Å². The quantitative estimate of drug-likeness (QED) is 0.574. The fraction of sp³-hybridized carbons (Fsp3) is 0.333. The molecule has 2 heterocycles. The van der Waals surface area contributed by atoms with Crippen LogP contribution in [-0.2, 0) is 11.3 Å². The van der Waals surface area contributed by atoms with E-state index in [2.05, 4.69) is 20.5 Å². The number of carbonyl (C=O) groups excluding carboxylic acids is 1. The number of ether oxygens (including phenoxy) is 1. The van der Waals surface area contributed by atoms with Gasteiger partial charge in [0.25, 0.3) is 0 Å². The molecule has 2 aromatic heterocycles. The summed E-state index contributed by atoms with van der Waals surface area (Å²) in [6.45, 7) is 6.55. The maximum absolute atomic E-state index is 12.1. The highest BCUT2D eigenvalue weighted by Crippen LogP contribution is 2.24.